The molecule has 1 aliphatic heterocycles. The summed E-state index contributed by atoms with van der Waals surface area (Å²) < 4.78 is 2.25. The summed E-state index contributed by atoms with van der Waals surface area (Å²) in [7, 11) is 0. The van der Waals surface area contributed by atoms with Crippen molar-refractivity contribution in [3.8, 4) is 0 Å². The van der Waals surface area contributed by atoms with Gasteiger partial charge >= 0.3 is 0 Å². The maximum atomic E-state index is 4.30. The minimum atomic E-state index is 0.622. The van der Waals surface area contributed by atoms with Gasteiger partial charge in [0.2, 0.25) is 0 Å². The first-order valence-electron chi connectivity index (χ1n) is 8.67. The van der Waals surface area contributed by atoms with Gasteiger partial charge in [0.1, 0.15) is 5.82 Å². The predicted octanol–water partition coefficient (Wildman–Crippen LogP) is 3.10. The van der Waals surface area contributed by atoms with Crippen LogP contribution in [-0.2, 0) is 6.54 Å². The summed E-state index contributed by atoms with van der Waals surface area (Å²) in [5, 5.41) is 0. The van der Waals surface area contributed by atoms with Crippen molar-refractivity contribution in [1.82, 2.24) is 14.5 Å². The van der Waals surface area contributed by atoms with Gasteiger partial charge in [0, 0.05) is 56.8 Å². The Bertz CT molecular complexity index is 626. The molecular weight excluding hydrogens is 284 g/mol. The average Bonchev–Trinajstić information content (AvgIpc) is 2.98. The molecule has 1 saturated heterocycles. The van der Waals surface area contributed by atoms with E-state index in [1.807, 2.05) is 6.20 Å². The standard InChI is InChI=1S/C19H28N4/c1-16-5-4-6-19(15-16)23-13-11-21(12-14-23)17(2)7-9-22-10-8-20-18(22)3/h4-6,8,10,15,17H,7,9,11-14H2,1-3H3/t17-/m1/s1. The Balaban J connectivity index is 1.49. The van der Waals surface area contributed by atoms with Crippen molar-refractivity contribution in [3.05, 3.63) is 48.0 Å². The zero-order valence-electron chi connectivity index (χ0n) is 14.6. The van der Waals surface area contributed by atoms with Crippen LogP contribution in [0.15, 0.2) is 36.7 Å². The average molecular weight is 312 g/mol. The number of aromatic nitrogens is 2. The largest absolute Gasteiger partial charge is 0.369 e. The van der Waals surface area contributed by atoms with Crippen molar-refractivity contribution in [3.63, 3.8) is 0 Å². The zero-order chi connectivity index (χ0) is 16.2. The maximum absolute atomic E-state index is 4.30. The molecule has 124 valence electrons. The molecule has 2 heterocycles. The van der Waals surface area contributed by atoms with Crippen LogP contribution in [0, 0.1) is 13.8 Å². The molecule has 0 unspecified atom stereocenters. The quantitative estimate of drug-likeness (QED) is 0.848. The van der Waals surface area contributed by atoms with Crippen molar-refractivity contribution < 1.29 is 0 Å². The normalized spacial score (nSPS) is 17.4. The minimum absolute atomic E-state index is 0.622. The second-order valence-electron chi connectivity index (χ2n) is 6.67. The summed E-state index contributed by atoms with van der Waals surface area (Å²) in [6.45, 7) is 12.2. The fraction of sp³-hybridized carbons (Fsp3) is 0.526. The van der Waals surface area contributed by atoms with E-state index >= 15 is 0 Å². The smallest absolute Gasteiger partial charge is 0.105 e. The molecule has 23 heavy (non-hydrogen) atoms. The number of aryl methyl sites for hydroxylation is 3. The highest BCUT2D eigenvalue weighted by atomic mass is 15.3. The fourth-order valence-corrected chi connectivity index (χ4v) is 3.39. The van der Waals surface area contributed by atoms with Gasteiger partial charge in [-0.25, -0.2) is 4.98 Å². The van der Waals surface area contributed by atoms with E-state index in [-0.39, 0.29) is 0 Å². The Labute approximate surface area is 139 Å². The van der Waals surface area contributed by atoms with Gasteiger partial charge in [0.25, 0.3) is 0 Å². The number of nitrogens with zero attached hydrogens (tertiary/aromatic N) is 4. The third-order valence-electron chi connectivity index (χ3n) is 5.02. The molecule has 0 bridgehead atoms. The number of hydrogen-bond acceptors (Lipinski definition) is 3. The molecule has 0 amide bonds. The third-order valence-corrected chi connectivity index (χ3v) is 5.02. The van der Waals surface area contributed by atoms with Gasteiger partial charge in [-0.2, -0.15) is 0 Å². The SMILES string of the molecule is Cc1cccc(N2CCN([C@H](C)CCn3ccnc3C)CC2)c1. The molecular formula is C19H28N4. The summed E-state index contributed by atoms with van der Waals surface area (Å²) >= 11 is 0. The number of imidazole rings is 1. The molecule has 0 aliphatic carbocycles. The number of hydrogen-bond donors (Lipinski definition) is 0. The lowest BCUT2D eigenvalue weighted by atomic mass is 10.1. The van der Waals surface area contributed by atoms with Crippen LogP contribution in [0.4, 0.5) is 5.69 Å². The lowest BCUT2D eigenvalue weighted by molar-refractivity contribution is 0.183. The number of anilines is 1. The second kappa shape index (κ2) is 7.18. The van der Waals surface area contributed by atoms with Crippen molar-refractivity contribution in [1.29, 1.82) is 0 Å². The van der Waals surface area contributed by atoms with E-state index in [2.05, 4.69) is 70.6 Å². The van der Waals surface area contributed by atoms with Gasteiger partial charge in [-0.15, -0.1) is 0 Å². The molecule has 0 saturated carbocycles. The lowest BCUT2D eigenvalue weighted by Gasteiger charge is -2.39. The molecule has 0 N–H and O–H groups in total. The Morgan fingerprint density at radius 3 is 2.57 bits per heavy atom. The van der Waals surface area contributed by atoms with Gasteiger partial charge in [0.05, 0.1) is 0 Å². The molecule has 2 aromatic rings. The first-order valence-corrected chi connectivity index (χ1v) is 8.67. The molecule has 4 heteroatoms. The van der Waals surface area contributed by atoms with E-state index in [1.165, 1.54) is 17.7 Å². The van der Waals surface area contributed by atoms with E-state index in [1.54, 1.807) is 0 Å². The summed E-state index contributed by atoms with van der Waals surface area (Å²) in [6.07, 6.45) is 5.15. The van der Waals surface area contributed by atoms with Gasteiger partial charge in [-0.3, -0.25) is 4.90 Å². The van der Waals surface area contributed by atoms with E-state index in [0.29, 0.717) is 6.04 Å². The van der Waals surface area contributed by atoms with Crippen molar-refractivity contribution >= 4 is 5.69 Å². The van der Waals surface area contributed by atoms with Gasteiger partial charge in [-0.1, -0.05) is 12.1 Å². The highest BCUT2D eigenvalue weighted by Crippen LogP contribution is 2.19. The Morgan fingerprint density at radius 1 is 1.13 bits per heavy atom. The second-order valence-corrected chi connectivity index (χ2v) is 6.67. The van der Waals surface area contributed by atoms with Crippen LogP contribution in [-0.4, -0.2) is 46.7 Å². The zero-order valence-corrected chi connectivity index (χ0v) is 14.6. The van der Waals surface area contributed by atoms with Crippen LogP contribution in [0.1, 0.15) is 24.7 Å². The predicted molar refractivity (Wildman–Crippen MR) is 96.0 cm³/mol. The van der Waals surface area contributed by atoms with Crippen LogP contribution < -0.4 is 4.90 Å². The molecule has 0 radical (unpaired) electrons. The van der Waals surface area contributed by atoms with Crippen LogP contribution in [0.5, 0.6) is 0 Å². The Kier molecular flexibility index (Phi) is 5.01. The van der Waals surface area contributed by atoms with Crippen LogP contribution in [0.3, 0.4) is 0 Å². The van der Waals surface area contributed by atoms with E-state index in [4.69, 9.17) is 0 Å². The molecule has 1 aromatic carbocycles. The lowest BCUT2D eigenvalue weighted by Crippen LogP contribution is -2.49. The minimum Gasteiger partial charge on any atom is -0.369 e. The van der Waals surface area contributed by atoms with Crippen LogP contribution in [0.2, 0.25) is 0 Å². The van der Waals surface area contributed by atoms with E-state index < -0.39 is 0 Å². The van der Waals surface area contributed by atoms with Crippen LogP contribution >= 0.6 is 0 Å². The summed E-state index contributed by atoms with van der Waals surface area (Å²) in [5.41, 5.74) is 2.71. The maximum Gasteiger partial charge on any atom is 0.105 e. The number of rotatable bonds is 5. The molecule has 0 spiro atoms. The molecule has 1 aromatic heterocycles. The topological polar surface area (TPSA) is 24.3 Å². The summed E-state index contributed by atoms with van der Waals surface area (Å²) in [6, 6.07) is 9.47. The summed E-state index contributed by atoms with van der Waals surface area (Å²) in [5.74, 6) is 1.11. The molecule has 4 nitrogen and oxygen atoms in total. The molecule has 1 fully saturated rings. The van der Waals surface area contributed by atoms with Crippen molar-refractivity contribution in [2.75, 3.05) is 31.1 Å². The van der Waals surface area contributed by atoms with Crippen molar-refractivity contribution in [2.45, 2.75) is 39.8 Å². The molecule has 1 atom stereocenters. The van der Waals surface area contributed by atoms with Gasteiger partial charge in [-0.05, 0) is 44.9 Å². The highest BCUT2D eigenvalue weighted by molar-refractivity contribution is 5.48. The van der Waals surface area contributed by atoms with Gasteiger partial charge < -0.3 is 9.47 Å². The molecule has 1 aliphatic rings. The Hall–Kier alpha value is -1.81. The van der Waals surface area contributed by atoms with E-state index in [0.717, 1.165) is 38.5 Å². The summed E-state index contributed by atoms with van der Waals surface area (Å²) in [4.78, 5) is 9.43. The fourth-order valence-electron chi connectivity index (χ4n) is 3.39. The number of piperazine rings is 1. The molecule has 3 rings (SSSR count). The highest BCUT2D eigenvalue weighted by Gasteiger charge is 2.21. The van der Waals surface area contributed by atoms with Gasteiger partial charge in [0.15, 0.2) is 0 Å². The monoisotopic (exact) mass is 312 g/mol. The Morgan fingerprint density at radius 2 is 1.91 bits per heavy atom. The first kappa shape index (κ1) is 16.1. The van der Waals surface area contributed by atoms with Crippen molar-refractivity contribution in [2.24, 2.45) is 0 Å². The van der Waals surface area contributed by atoms with E-state index in [9.17, 15) is 0 Å². The van der Waals surface area contributed by atoms with Crippen LogP contribution in [0.25, 0.3) is 0 Å². The number of benzene rings is 1. The third kappa shape index (κ3) is 3.94. The first-order chi connectivity index (χ1) is 11.1.